The minimum Gasteiger partial charge on any atom is -0.428 e. The minimum absolute atomic E-state index is 0.774. The molecule has 20 heavy (non-hydrogen) atoms. The first-order chi connectivity index (χ1) is 9.18. The summed E-state index contributed by atoms with van der Waals surface area (Å²) in [5.41, 5.74) is 1.55. The van der Waals surface area contributed by atoms with E-state index < -0.39 is 16.6 Å². The van der Waals surface area contributed by atoms with Crippen molar-refractivity contribution in [2.45, 2.75) is 26.2 Å². The summed E-state index contributed by atoms with van der Waals surface area (Å²) in [6, 6.07) is 7.58. The van der Waals surface area contributed by atoms with Crippen LogP contribution in [0.1, 0.15) is 0 Å². The highest BCUT2D eigenvalue weighted by molar-refractivity contribution is 6.83. The molecule has 2 N–H and O–H groups in total. The molecule has 106 valence electrons. The number of nitrogens with zero attached hydrogens (tertiary/aromatic N) is 2. The Balaban J connectivity index is 2.29. The first-order valence-corrected chi connectivity index (χ1v) is 12.5. The van der Waals surface area contributed by atoms with Gasteiger partial charge in [-0.15, -0.1) is 0 Å². The maximum atomic E-state index is 10.0. The highest BCUT2D eigenvalue weighted by Gasteiger charge is 2.21. The van der Waals surface area contributed by atoms with Crippen molar-refractivity contribution < 1.29 is 9.59 Å². The highest BCUT2D eigenvalue weighted by Crippen LogP contribution is 2.12. The molecule has 6 heteroatoms. The first-order valence-electron chi connectivity index (χ1n) is 6.56. The van der Waals surface area contributed by atoms with Gasteiger partial charge in [0.2, 0.25) is 16.6 Å². The van der Waals surface area contributed by atoms with Gasteiger partial charge in [0.1, 0.15) is 0 Å². The van der Waals surface area contributed by atoms with Crippen molar-refractivity contribution in [1.29, 1.82) is 0 Å². The lowest BCUT2D eigenvalue weighted by Gasteiger charge is -2.15. The Kier molecular flexibility index (Phi) is 3.92. The van der Waals surface area contributed by atoms with Gasteiger partial charge in [0.25, 0.3) is 0 Å². The molecule has 2 heterocycles. The zero-order valence-corrected chi connectivity index (χ0v) is 14.3. The monoisotopic (exact) mass is 304 g/mol. The average Bonchev–Trinajstić information content (AvgIpc) is 2.37. The zero-order valence-electron chi connectivity index (χ0n) is 12.3. The van der Waals surface area contributed by atoms with Gasteiger partial charge < -0.3 is 9.59 Å². The van der Waals surface area contributed by atoms with Gasteiger partial charge in [-0.2, -0.15) is 0 Å². The Morgan fingerprint density at radius 1 is 0.700 bits per heavy atom. The molecule has 0 aliphatic heterocycles. The van der Waals surface area contributed by atoms with Crippen LogP contribution in [0.4, 0.5) is 0 Å². The SMILES string of the molecule is C[Si](C)(O)c1ccc(-c2ccc([Si](C)(C)O)cn2)nc1. The van der Waals surface area contributed by atoms with Crippen LogP contribution in [0.25, 0.3) is 11.4 Å². The maximum absolute atomic E-state index is 10.0. The van der Waals surface area contributed by atoms with Crippen LogP contribution in [0.2, 0.25) is 26.2 Å². The van der Waals surface area contributed by atoms with Crippen molar-refractivity contribution in [3.05, 3.63) is 36.7 Å². The molecule has 0 atom stereocenters. The second kappa shape index (κ2) is 5.21. The first kappa shape index (κ1) is 15.1. The van der Waals surface area contributed by atoms with Gasteiger partial charge in [-0.1, -0.05) is 12.1 Å². The third-order valence-electron chi connectivity index (χ3n) is 3.20. The van der Waals surface area contributed by atoms with Crippen molar-refractivity contribution in [2.24, 2.45) is 0 Å². The van der Waals surface area contributed by atoms with Crippen molar-refractivity contribution in [3.63, 3.8) is 0 Å². The van der Waals surface area contributed by atoms with Crippen molar-refractivity contribution in [3.8, 4) is 11.4 Å². The molecule has 2 rings (SSSR count). The van der Waals surface area contributed by atoms with Crippen molar-refractivity contribution in [2.75, 3.05) is 0 Å². The van der Waals surface area contributed by atoms with Crippen LogP contribution >= 0.6 is 0 Å². The van der Waals surface area contributed by atoms with E-state index in [1.54, 1.807) is 12.4 Å². The third-order valence-corrected chi connectivity index (χ3v) is 6.62. The lowest BCUT2D eigenvalue weighted by atomic mass is 10.2. The Hall–Kier alpha value is -1.35. The lowest BCUT2D eigenvalue weighted by molar-refractivity contribution is 0.567. The molecule has 0 spiro atoms. The molecular weight excluding hydrogens is 284 g/mol. The summed E-state index contributed by atoms with van der Waals surface area (Å²) < 4.78 is 0. The largest absolute Gasteiger partial charge is 0.428 e. The summed E-state index contributed by atoms with van der Waals surface area (Å²) in [5.74, 6) is 0. The predicted octanol–water partition coefficient (Wildman–Crippen LogP) is 0.952. The molecule has 2 aromatic rings. The van der Waals surface area contributed by atoms with Gasteiger partial charge in [0.15, 0.2) is 0 Å². The number of rotatable bonds is 3. The van der Waals surface area contributed by atoms with Gasteiger partial charge >= 0.3 is 0 Å². The lowest BCUT2D eigenvalue weighted by Crippen LogP contribution is -2.41. The van der Waals surface area contributed by atoms with Gasteiger partial charge in [-0.25, -0.2) is 0 Å². The van der Waals surface area contributed by atoms with Crippen LogP contribution in [0.3, 0.4) is 0 Å². The van der Waals surface area contributed by atoms with Crippen LogP contribution in [-0.2, 0) is 0 Å². The van der Waals surface area contributed by atoms with Gasteiger partial charge in [0.05, 0.1) is 11.4 Å². The van der Waals surface area contributed by atoms with Crippen LogP contribution in [0, 0.1) is 0 Å². The van der Waals surface area contributed by atoms with E-state index >= 15 is 0 Å². The van der Waals surface area contributed by atoms with Crippen LogP contribution in [0.5, 0.6) is 0 Å². The summed E-state index contributed by atoms with van der Waals surface area (Å²) in [7, 11) is -4.60. The summed E-state index contributed by atoms with van der Waals surface area (Å²) in [6.07, 6.45) is 3.45. The number of pyridine rings is 2. The number of hydrogen-bond acceptors (Lipinski definition) is 4. The third kappa shape index (κ3) is 3.40. The molecule has 4 nitrogen and oxygen atoms in total. The summed E-state index contributed by atoms with van der Waals surface area (Å²) in [6.45, 7) is 7.46. The quantitative estimate of drug-likeness (QED) is 0.829. The van der Waals surface area contributed by atoms with Crippen LogP contribution in [-0.4, -0.2) is 36.2 Å². The smallest absolute Gasteiger partial charge is 0.215 e. The zero-order chi connectivity index (χ0) is 15.0. The van der Waals surface area contributed by atoms with E-state index in [-0.39, 0.29) is 0 Å². The fourth-order valence-corrected chi connectivity index (χ4v) is 3.56. The second-order valence-electron chi connectivity index (χ2n) is 5.98. The standard InChI is InChI=1S/C14H20N2O2Si2/c1-19(2,17)11-5-7-13(15-9-11)14-8-6-12(10-16-14)20(3,4)18/h5-10,17-18H,1-4H3. The Labute approximate surface area is 121 Å². The summed E-state index contributed by atoms with van der Waals surface area (Å²) >= 11 is 0. The minimum atomic E-state index is -2.30. The molecule has 0 saturated carbocycles. The van der Waals surface area contributed by atoms with E-state index in [1.807, 2.05) is 50.5 Å². The van der Waals surface area contributed by atoms with Crippen molar-refractivity contribution >= 4 is 27.0 Å². The Morgan fingerprint density at radius 3 is 1.25 bits per heavy atom. The molecule has 2 aromatic heterocycles. The van der Waals surface area contributed by atoms with Gasteiger partial charge in [0, 0.05) is 12.4 Å². The Bertz CT molecular complexity index is 529. The molecule has 0 aromatic carbocycles. The molecule has 0 aliphatic rings. The molecular formula is C14H20N2O2Si2. The normalized spacial score (nSPS) is 12.5. The number of hydrogen-bond donors (Lipinski definition) is 2. The maximum Gasteiger partial charge on any atom is 0.215 e. The topological polar surface area (TPSA) is 66.2 Å². The van der Waals surface area contributed by atoms with Crippen molar-refractivity contribution in [1.82, 2.24) is 9.97 Å². The molecule has 0 unspecified atom stereocenters. The predicted molar refractivity (Wildman–Crippen MR) is 86.1 cm³/mol. The van der Waals surface area contributed by atoms with E-state index in [0.29, 0.717) is 0 Å². The van der Waals surface area contributed by atoms with E-state index in [4.69, 9.17) is 0 Å². The second-order valence-corrected chi connectivity index (χ2v) is 13.4. The van der Waals surface area contributed by atoms with Gasteiger partial charge in [-0.3, -0.25) is 9.97 Å². The molecule has 0 fully saturated rings. The molecule has 0 saturated heterocycles. The number of aromatic nitrogens is 2. The van der Waals surface area contributed by atoms with E-state index in [9.17, 15) is 9.59 Å². The molecule has 0 aliphatic carbocycles. The van der Waals surface area contributed by atoms with Crippen LogP contribution < -0.4 is 10.4 Å². The van der Waals surface area contributed by atoms with E-state index in [0.717, 1.165) is 21.8 Å². The molecule has 0 radical (unpaired) electrons. The molecule has 0 amide bonds. The van der Waals surface area contributed by atoms with E-state index in [2.05, 4.69) is 9.97 Å². The Morgan fingerprint density at radius 2 is 1.05 bits per heavy atom. The average molecular weight is 304 g/mol. The fourth-order valence-electron chi connectivity index (χ4n) is 1.81. The van der Waals surface area contributed by atoms with Gasteiger partial charge in [-0.05, 0) is 48.7 Å². The summed E-state index contributed by atoms with van der Waals surface area (Å²) in [5, 5.41) is 1.81. The summed E-state index contributed by atoms with van der Waals surface area (Å²) in [4.78, 5) is 28.8. The molecule has 0 bridgehead atoms. The fraction of sp³-hybridized carbons (Fsp3) is 0.286. The van der Waals surface area contributed by atoms with E-state index in [1.165, 1.54) is 0 Å². The highest BCUT2D eigenvalue weighted by atomic mass is 28.4. The van der Waals surface area contributed by atoms with Crippen LogP contribution in [0.15, 0.2) is 36.7 Å².